The lowest BCUT2D eigenvalue weighted by molar-refractivity contribution is -0.120. The average Bonchev–Trinajstić information content (AvgIpc) is 2.65. The summed E-state index contributed by atoms with van der Waals surface area (Å²) in [6, 6.07) is 9.40. The Hall–Kier alpha value is -1.67. The fourth-order valence-electron chi connectivity index (χ4n) is 2.95. The molecular formula is C18H17Cl2FN2O3S. The van der Waals surface area contributed by atoms with E-state index in [9.17, 15) is 17.6 Å². The maximum Gasteiger partial charge on any atom is 0.243 e. The van der Waals surface area contributed by atoms with E-state index in [-0.39, 0.29) is 17.3 Å². The molecule has 1 amide bonds. The van der Waals surface area contributed by atoms with Gasteiger partial charge in [0.2, 0.25) is 15.9 Å². The average molecular weight is 431 g/mol. The molecule has 1 heterocycles. The van der Waals surface area contributed by atoms with Crippen molar-refractivity contribution in [3.05, 3.63) is 58.3 Å². The summed E-state index contributed by atoms with van der Waals surface area (Å²) in [7, 11) is -3.78. The Labute approximate surface area is 167 Å². The van der Waals surface area contributed by atoms with Gasteiger partial charge in [-0.1, -0.05) is 23.2 Å². The summed E-state index contributed by atoms with van der Waals surface area (Å²) in [5, 5.41) is 3.44. The summed E-state index contributed by atoms with van der Waals surface area (Å²) in [5.41, 5.74) is 0.493. The molecule has 1 N–H and O–H groups in total. The van der Waals surface area contributed by atoms with Crippen molar-refractivity contribution in [3.63, 3.8) is 0 Å². The van der Waals surface area contributed by atoms with Crippen LogP contribution < -0.4 is 5.32 Å². The van der Waals surface area contributed by atoms with Crippen LogP contribution in [0.3, 0.4) is 0 Å². The Kier molecular flexibility index (Phi) is 6.05. The van der Waals surface area contributed by atoms with Crippen LogP contribution in [0.2, 0.25) is 10.0 Å². The molecule has 9 heteroatoms. The molecule has 5 nitrogen and oxygen atoms in total. The van der Waals surface area contributed by atoms with E-state index in [0.29, 0.717) is 35.1 Å². The second kappa shape index (κ2) is 8.14. The monoisotopic (exact) mass is 430 g/mol. The molecule has 1 fully saturated rings. The molecule has 27 heavy (non-hydrogen) atoms. The van der Waals surface area contributed by atoms with Gasteiger partial charge in [0, 0.05) is 18.8 Å². The number of halogens is 3. The minimum atomic E-state index is -3.78. The highest BCUT2D eigenvalue weighted by atomic mass is 35.5. The number of hydrogen-bond donors (Lipinski definition) is 1. The molecule has 0 unspecified atom stereocenters. The zero-order valence-electron chi connectivity index (χ0n) is 14.2. The third kappa shape index (κ3) is 4.60. The van der Waals surface area contributed by atoms with Crippen molar-refractivity contribution in [2.45, 2.75) is 17.7 Å². The Morgan fingerprint density at radius 1 is 1.11 bits per heavy atom. The van der Waals surface area contributed by atoms with Gasteiger partial charge in [-0.15, -0.1) is 0 Å². The minimum Gasteiger partial charge on any atom is -0.326 e. The predicted octanol–water partition coefficient (Wildman–Crippen LogP) is 4.17. The molecule has 2 aromatic rings. The molecule has 1 aliphatic heterocycles. The SMILES string of the molecule is O=C(Nc1ccc(Cl)c(Cl)c1)[C@@H]1CCCN(S(=O)(=O)c2ccc(F)cc2)C1. The number of anilines is 1. The van der Waals surface area contributed by atoms with Gasteiger partial charge in [-0.25, -0.2) is 12.8 Å². The molecule has 0 saturated carbocycles. The number of carbonyl (C=O) groups is 1. The maximum absolute atomic E-state index is 13.1. The number of carbonyl (C=O) groups excluding carboxylic acids is 1. The van der Waals surface area contributed by atoms with Crippen LogP contribution in [0.4, 0.5) is 10.1 Å². The summed E-state index contributed by atoms with van der Waals surface area (Å²) < 4.78 is 39.8. The molecule has 2 aromatic carbocycles. The van der Waals surface area contributed by atoms with E-state index in [4.69, 9.17) is 23.2 Å². The summed E-state index contributed by atoms with van der Waals surface area (Å²) in [6.07, 6.45) is 1.13. The molecule has 3 rings (SSSR count). The normalized spacial score (nSPS) is 18.3. The first kappa shape index (κ1) is 20.1. The molecule has 0 bridgehead atoms. The fourth-order valence-corrected chi connectivity index (χ4v) is 4.77. The molecule has 144 valence electrons. The maximum atomic E-state index is 13.1. The van der Waals surface area contributed by atoms with Crippen LogP contribution in [0.15, 0.2) is 47.4 Å². The van der Waals surface area contributed by atoms with Crippen molar-refractivity contribution in [2.24, 2.45) is 5.92 Å². The van der Waals surface area contributed by atoms with Gasteiger partial charge >= 0.3 is 0 Å². The van der Waals surface area contributed by atoms with Crippen LogP contribution in [0.5, 0.6) is 0 Å². The second-order valence-corrected chi connectivity index (χ2v) is 9.03. The number of nitrogens with one attached hydrogen (secondary N) is 1. The second-order valence-electron chi connectivity index (χ2n) is 6.27. The van der Waals surface area contributed by atoms with E-state index in [1.165, 1.54) is 22.5 Å². The number of rotatable bonds is 4. The molecule has 0 spiro atoms. The molecule has 0 radical (unpaired) electrons. The lowest BCUT2D eigenvalue weighted by Gasteiger charge is -2.31. The number of benzene rings is 2. The fraction of sp³-hybridized carbons (Fsp3) is 0.278. The quantitative estimate of drug-likeness (QED) is 0.790. The van der Waals surface area contributed by atoms with Crippen LogP contribution in [-0.2, 0) is 14.8 Å². The van der Waals surface area contributed by atoms with Gasteiger partial charge < -0.3 is 5.32 Å². The third-order valence-corrected chi connectivity index (χ3v) is 7.01. The third-order valence-electron chi connectivity index (χ3n) is 4.39. The number of sulfonamides is 1. The van der Waals surface area contributed by atoms with Gasteiger partial charge in [0.05, 0.1) is 20.9 Å². The molecule has 0 aliphatic carbocycles. The summed E-state index contributed by atoms with van der Waals surface area (Å²) in [5.74, 6) is -1.29. The van der Waals surface area contributed by atoms with Gasteiger partial charge in [0.1, 0.15) is 5.82 Å². The Morgan fingerprint density at radius 2 is 1.81 bits per heavy atom. The van der Waals surface area contributed by atoms with Gasteiger partial charge in [0.25, 0.3) is 0 Å². The van der Waals surface area contributed by atoms with Gasteiger partial charge in [-0.2, -0.15) is 4.31 Å². The first-order valence-electron chi connectivity index (χ1n) is 8.29. The smallest absolute Gasteiger partial charge is 0.243 e. The van der Waals surface area contributed by atoms with Gasteiger partial charge in [-0.05, 0) is 55.3 Å². The summed E-state index contributed by atoms with van der Waals surface area (Å²) in [6.45, 7) is 0.378. The van der Waals surface area contributed by atoms with Crippen molar-refractivity contribution in [3.8, 4) is 0 Å². The Bertz CT molecular complexity index is 952. The van der Waals surface area contributed by atoms with E-state index >= 15 is 0 Å². The van der Waals surface area contributed by atoms with E-state index in [2.05, 4.69) is 5.32 Å². The van der Waals surface area contributed by atoms with E-state index in [0.717, 1.165) is 12.1 Å². The molecular weight excluding hydrogens is 414 g/mol. The zero-order chi connectivity index (χ0) is 19.6. The number of amides is 1. The van der Waals surface area contributed by atoms with Crippen LogP contribution in [-0.4, -0.2) is 31.7 Å². The largest absolute Gasteiger partial charge is 0.326 e. The first-order valence-corrected chi connectivity index (χ1v) is 10.5. The standard InChI is InChI=1S/C18H17Cl2FN2O3S/c19-16-8-5-14(10-17(16)20)22-18(24)12-2-1-9-23(11-12)27(25,26)15-6-3-13(21)4-7-15/h3-8,10,12H,1-2,9,11H2,(H,22,24)/t12-/m1/s1. The van der Waals surface area contributed by atoms with Crippen LogP contribution in [0.1, 0.15) is 12.8 Å². The number of piperidine rings is 1. The van der Waals surface area contributed by atoms with E-state index < -0.39 is 21.8 Å². The molecule has 1 saturated heterocycles. The van der Waals surface area contributed by atoms with Crippen LogP contribution >= 0.6 is 23.2 Å². The van der Waals surface area contributed by atoms with Crippen molar-refractivity contribution in [2.75, 3.05) is 18.4 Å². The van der Waals surface area contributed by atoms with Crippen molar-refractivity contribution >= 4 is 44.8 Å². The molecule has 0 aromatic heterocycles. The Morgan fingerprint density at radius 3 is 2.48 bits per heavy atom. The Balaban J connectivity index is 1.72. The number of nitrogens with zero attached hydrogens (tertiary/aromatic N) is 1. The van der Waals surface area contributed by atoms with E-state index in [1.54, 1.807) is 12.1 Å². The van der Waals surface area contributed by atoms with Gasteiger partial charge in [-0.3, -0.25) is 4.79 Å². The lowest BCUT2D eigenvalue weighted by Crippen LogP contribution is -2.43. The summed E-state index contributed by atoms with van der Waals surface area (Å²) in [4.78, 5) is 12.6. The summed E-state index contributed by atoms with van der Waals surface area (Å²) >= 11 is 11.8. The van der Waals surface area contributed by atoms with Crippen LogP contribution in [0.25, 0.3) is 0 Å². The van der Waals surface area contributed by atoms with Gasteiger partial charge in [0.15, 0.2) is 0 Å². The highest BCUT2D eigenvalue weighted by Gasteiger charge is 2.33. The lowest BCUT2D eigenvalue weighted by atomic mass is 9.99. The van der Waals surface area contributed by atoms with Crippen molar-refractivity contribution in [1.29, 1.82) is 0 Å². The van der Waals surface area contributed by atoms with Crippen molar-refractivity contribution in [1.82, 2.24) is 4.31 Å². The molecule has 1 aliphatic rings. The highest BCUT2D eigenvalue weighted by molar-refractivity contribution is 7.89. The highest BCUT2D eigenvalue weighted by Crippen LogP contribution is 2.27. The van der Waals surface area contributed by atoms with Crippen molar-refractivity contribution < 1.29 is 17.6 Å². The zero-order valence-corrected chi connectivity index (χ0v) is 16.5. The topological polar surface area (TPSA) is 66.5 Å². The number of hydrogen-bond acceptors (Lipinski definition) is 3. The first-order chi connectivity index (χ1) is 12.8. The molecule has 1 atom stereocenters. The van der Waals surface area contributed by atoms with Crippen LogP contribution in [0, 0.1) is 11.7 Å². The minimum absolute atomic E-state index is 0.00874. The van der Waals surface area contributed by atoms with E-state index in [1.807, 2.05) is 0 Å². The predicted molar refractivity (Wildman–Crippen MR) is 103 cm³/mol.